The minimum atomic E-state index is -2.77. The van der Waals surface area contributed by atoms with Crippen LogP contribution >= 0.6 is 0 Å². The van der Waals surface area contributed by atoms with Crippen molar-refractivity contribution in [2.75, 3.05) is 0 Å². The number of aromatic nitrogens is 2. The van der Waals surface area contributed by atoms with E-state index in [1.165, 1.54) is 4.68 Å². The Morgan fingerprint density at radius 1 is 1.62 bits per heavy atom. The van der Waals surface area contributed by atoms with Crippen LogP contribution in [0.1, 0.15) is 17.7 Å². The van der Waals surface area contributed by atoms with Crippen molar-refractivity contribution in [3.8, 4) is 0 Å². The molecule has 0 radical (unpaired) electrons. The Bertz CT molecular complexity index is 339. The third-order valence-corrected chi connectivity index (χ3v) is 2.57. The van der Waals surface area contributed by atoms with Crippen molar-refractivity contribution < 1.29 is 8.78 Å². The summed E-state index contributed by atoms with van der Waals surface area (Å²) in [6.07, 6.45) is 1.28. The molecule has 3 nitrogen and oxygen atoms in total. The number of aryl methyl sites for hydroxylation is 2. The van der Waals surface area contributed by atoms with Gasteiger partial charge in [-0.05, 0) is 12.5 Å². The summed E-state index contributed by atoms with van der Waals surface area (Å²) >= 11 is 0. The summed E-state index contributed by atoms with van der Waals surface area (Å²) in [5.74, 6) is -2.77. The smallest absolute Gasteiger partial charge is 0.273 e. The van der Waals surface area contributed by atoms with Crippen molar-refractivity contribution in [1.82, 2.24) is 9.78 Å². The fourth-order valence-electron chi connectivity index (χ4n) is 1.75. The normalized spacial score (nSPS) is 30.5. The molecule has 5 heteroatoms. The van der Waals surface area contributed by atoms with E-state index in [-0.39, 0.29) is 6.42 Å². The molecular formula is C8H11F2N3. The van der Waals surface area contributed by atoms with Gasteiger partial charge in [-0.15, -0.1) is 0 Å². The summed E-state index contributed by atoms with van der Waals surface area (Å²) < 4.78 is 27.3. The highest BCUT2D eigenvalue weighted by atomic mass is 19.3. The SMILES string of the molecule is Cc1cnn(C)c1C1(N)CC1(F)F. The van der Waals surface area contributed by atoms with Crippen LogP contribution in [-0.4, -0.2) is 15.7 Å². The summed E-state index contributed by atoms with van der Waals surface area (Å²) in [6.45, 7) is 1.74. The Morgan fingerprint density at radius 3 is 2.46 bits per heavy atom. The van der Waals surface area contributed by atoms with Crippen LogP contribution < -0.4 is 5.73 Å². The van der Waals surface area contributed by atoms with Crippen molar-refractivity contribution >= 4 is 0 Å². The molecule has 1 atom stereocenters. The number of nitrogens with two attached hydrogens (primary N) is 1. The molecule has 1 saturated carbocycles. The quantitative estimate of drug-likeness (QED) is 0.710. The van der Waals surface area contributed by atoms with Gasteiger partial charge in [-0.1, -0.05) is 0 Å². The van der Waals surface area contributed by atoms with Gasteiger partial charge in [0.05, 0.1) is 11.9 Å². The number of hydrogen-bond acceptors (Lipinski definition) is 2. The first-order chi connectivity index (χ1) is 5.88. The first kappa shape index (κ1) is 8.62. The van der Waals surface area contributed by atoms with Gasteiger partial charge in [-0.3, -0.25) is 4.68 Å². The molecule has 2 N–H and O–H groups in total. The zero-order chi connectivity index (χ0) is 9.85. The van der Waals surface area contributed by atoms with E-state index >= 15 is 0 Å². The lowest BCUT2D eigenvalue weighted by Crippen LogP contribution is -2.30. The maximum Gasteiger partial charge on any atom is 0.273 e. The van der Waals surface area contributed by atoms with E-state index in [2.05, 4.69) is 5.10 Å². The maximum absolute atomic E-state index is 12.9. The molecule has 2 rings (SSSR count). The highest BCUT2D eigenvalue weighted by Crippen LogP contribution is 2.57. The zero-order valence-electron chi connectivity index (χ0n) is 7.51. The standard InChI is InChI=1S/C8H11F2N3/c1-5-3-12-13(2)6(5)7(11)4-8(7,9)10/h3H,4,11H2,1-2H3. The molecule has 1 fully saturated rings. The van der Waals surface area contributed by atoms with E-state index in [0.717, 1.165) is 5.56 Å². The van der Waals surface area contributed by atoms with Gasteiger partial charge in [0.25, 0.3) is 5.92 Å². The minimum Gasteiger partial charge on any atom is -0.315 e. The lowest BCUT2D eigenvalue weighted by atomic mass is 10.1. The lowest BCUT2D eigenvalue weighted by molar-refractivity contribution is 0.0869. The molecule has 13 heavy (non-hydrogen) atoms. The molecule has 1 aromatic rings. The molecule has 0 saturated heterocycles. The average Bonchev–Trinajstić information content (AvgIpc) is 2.35. The van der Waals surface area contributed by atoms with E-state index in [1.807, 2.05) is 0 Å². The van der Waals surface area contributed by atoms with Gasteiger partial charge in [0.2, 0.25) is 0 Å². The summed E-state index contributed by atoms with van der Waals surface area (Å²) in [7, 11) is 1.63. The second kappa shape index (κ2) is 2.09. The summed E-state index contributed by atoms with van der Waals surface area (Å²) in [6, 6.07) is 0. The lowest BCUT2D eigenvalue weighted by Gasteiger charge is -2.11. The Balaban J connectivity index is 2.48. The molecule has 0 spiro atoms. The van der Waals surface area contributed by atoms with Crippen molar-refractivity contribution in [3.05, 3.63) is 17.5 Å². The Kier molecular flexibility index (Phi) is 1.39. The van der Waals surface area contributed by atoms with Gasteiger partial charge >= 0.3 is 0 Å². The maximum atomic E-state index is 12.9. The first-order valence-electron chi connectivity index (χ1n) is 4.04. The largest absolute Gasteiger partial charge is 0.315 e. The fraction of sp³-hybridized carbons (Fsp3) is 0.625. The minimum absolute atomic E-state index is 0.277. The summed E-state index contributed by atoms with van der Waals surface area (Å²) in [5, 5.41) is 3.89. The molecule has 72 valence electrons. The van der Waals surface area contributed by atoms with Crippen LogP contribution in [0.4, 0.5) is 8.78 Å². The Hall–Kier alpha value is -0.970. The van der Waals surface area contributed by atoms with E-state index in [0.29, 0.717) is 5.69 Å². The van der Waals surface area contributed by atoms with Crippen LogP contribution in [0.15, 0.2) is 6.20 Å². The molecule has 0 aliphatic heterocycles. The second-order valence-electron chi connectivity index (χ2n) is 3.65. The highest BCUT2D eigenvalue weighted by molar-refractivity contribution is 5.35. The van der Waals surface area contributed by atoms with Gasteiger partial charge in [-0.25, -0.2) is 8.78 Å². The van der Waals surface area contributed by atoms with Crippen LogP contribution in [0, 0.1) is 6.92 Å². The van der Waals surface area contributed by atoms with Gasteiger partial charge in [0, 0.05) is 13.5 Å². The van der Waals surface area contributed by atoms with E-state index in [9.17, 15) is 8.78 Å². The number of halogens is 2. The topological polar surface area (TPSA) is 43.8 Å². The van der Waals surface area contributed by atoms with Gasteiger partial charge in [-0.2, -0.15) is 5.10 Å². The molecular weight excluding hydrogens is 176 g/mol. The predicted octanol–water partition coefficient (Wildman–Crippen LogP) is 0.922. The molecule has 1 heterocycles. The highest BCUT2D eigenvalue weighted by Gasteiger charge is 2.71. The Morgan fingerprint density at radius 2 is 2.15 bits per heavy atom. The monoisotopic (exact) mass is 187 g/mol. The van der Waals surface area contributed by atoms with E-state index in [4.69, 9.17) is 5.73 Å². The third-order valence-electron chi connectivity index (χ3n) is 2.57. The van der Waals surface area contributed by atoms with Crippen molar-refractivity contribution in [2.45, 2.75) is 24.8 Å². The average molecular weight is 187 g/mol. The van der Waals surface area contributed by atoms with Crippen LogP contribution in [0.3, 0.4) is 0 Å². The Labute approximate surface area is 74.5 Å². The number of rotatable bonds is 1. The van der Waals surface area contributed by atoms with Crippen LogP contribution in [-0.2, 0) is 12.6 Å². The molecule has 0 amide bonds. The number of hydrogen-bond donors (Lipinski definition) is 1. The molecule has 0 bridgehead atoms. The number of alkyl halides is 2. The summed E-state index contributed by atoms with van der Waals surface area (Å²) in [5.41, 5.74) is 5.26. The van der Waals surface area contributed by atoms with Crippen molar-refractivity contribution in [2.24, 2.45) is 12.8 Å². The third kappa shape index (κ3) is 0.934. The first-order valence-corrected chi connectivity index (χ1v) is 4.04. The molecule has 1 unspecified atom stereocenters. The predicted molar refractivity (Wildman–Crippen MR) is 43.4 cm³/mol. The molecule has 1 aliphatic rings. The van der Waals surface area contributed by atoms with Crippen molar-refractivity contribution in [1.29, 1.82) is 0 Å². The molecule has 1 aliphatic carbocycles. The van der Waals surface area contributed by atoms with Crippen LogP contribution in [0.2, 0.25) is 0 Å². The van der Waals surface area contributed by atoms with Crippen LogP contribution in [0.5, 0.6) is 0 Å². The van der Waals surface area contributed by atoms with E-state index < -0.39 is 11.5 Å². The second-order valence-corrected chi connectivity index (χ2v) is 3.65. The fourth-order valence-corrected chi connectivity index (χ4v) is 1.75. The van der Waals surface area contributed by atoms with E-state index in [1.54, 1.807) is 20.2 Å². The molecule has 0 aromatic carbocycles. The van der Waals surface area contributed by atoms with Gasteiger partial charge in [0.1, 0.15) is 5.54 Å². The van der Waals surface area contributed by atoms with Crippen LogP contribution in [0.25, 0.3) is 0 Å². The van der Waals surface area contributed by atoms with Crippen molar-refractivity contribution in [3.63, 3.8) is 0 Å². The number of nitrogens with zero attached hydrogens (tertiary/aromatic N) is 2. The zero-order valence-corrected chi connectivity index (χ0v) is 7.51. The molecule has 1 aromatic heterocycles. The van der Waals surface area contributed by atoms with Gasteiger partial charge in [0.15, 0.2) is 0 Å². The summed E-state index contributed by atoms with van der Waals surface area (Å²) in [4.78, 5) is 0. The van der Waals surface area contributed by atoms with Gasteiger partial charge < -0.3 is 5.73 Å².